The molecule has 2 aromatic rings. The molecule has 0 aliphatic carbocycles. The lowest BCUT2D eigenvalue weighted by atomic mass is 10.1. The zero-order valence-corrected chi connectivity index (χ0v) is 15.6. The Balaban J connectivity index is 1.38. The third-order valence-electron chi connectivity index (χ3n) is 4.68. The maximum Gasteiger partial charge on any atom is 0.315 e. The van der Waals surface area contributed by atoms with Crippen molar-refractivity contribution in [1.29, 1.82) is 0 Å². The Morgan fingerprint density at radius 1 is 1.11 bits per heavy atom. The van der Waals surface area contributed by atoms with Gasteiger partial charge in [-0.1, -0.05) is 18.2 Å². The van der Waals surface area contributed by atoms with Gasteiger partial charge >= 0.3 is 6.03 Å². The lowest BCUT2D eigenvalue weighted by molar-refractivity contribution is 0.240. The average Bonchev–Trinajstić information content (AvgIpc) is 2.68. The zero-order valence-electron chi connectivity index (χ0n) is 15.6. The number of pyridine rings is 1. The van der Waals surface area contributed by atoms with E-state index in [-0.39, 0.29) is 11.8 Å². The van der Waals surface area contributed by atoms with Crippen LogP contribution in [0, 0.1) is 5.82 Å². The number of nitrogens with one attached hydrogen (secondary N) is 2. The second-order valence-corrected chi connectivity index (χ2v) is 6.80. The topological polar surface area (TPSA) is 60.5 Å². The van der Waals surface area contributed by atoms with Crippen molar-refractivity contribution in [3.63, 3.8) is 0 Å². The molecule has 144 valence electrons. The number of hydrogen-bond donors (Lipinski definition) is 2. The van der Waals surface area contributed by atoms with Crippen molar-refractivity contribution in [3.8, 4) is 0 Å². The van der Waals surface area contributed by atoms with Crippen LogP contribution in [0.3, 0.4) is 0 Å². The molecule has 1 fully saturated rings. The molecule has 2 amide bonds. The number of benzene rings is 1. The summed E-state index contributed by atoms with van der Waals surface area (Å²) in [5.41, 5.74) is 1.81. The number of carbonyl (C=O) groups is 1. The zero-order chi connectivity index (χ0) is 19.1. The number of amides is 2. The number of rotatable bonds is 6. The van der Waals surface area contributed by atoms with Gasteiger partial charge < -0.3 is 20.4 Å². The second kappa shape index (κ2) is 9.32. The molecule has 0 unspecified atom stereocenters. The Bertz CT molecular complexity index is 744. The van der Waals surface area contributed by atoms with E-state index in [1.807, 2.05) is 18.2 Å². The Hall–Kier alpha value is -2.67. The van der Waals surface area contributed by atoms with E-state index in [9.17, 15) is 9.18 Å². The number of anilines is 1. The first-order chi connectivity index (χ1) is 13.1. The van der Waals surface area contributed by atoms with Crippen molar-refractivity contribution in [2.75, 3.05) is 44.7 Å². The summed E-state index contributed by atoms with van der Waals surface area (Å²) in [7, 11) is 2.13. The number of likely N-dealkylation sites (N-methyl/N-ethyl adjacent to an activating group) is 1. The fourth-order valence-corrected chi connectivity index (χ4v) is 3.00. The van der Waals surface area contributed by atoms with Gasteiger partial charge in [0.2, 0.25) is 0 Å². The predicted molar refractivity (Wildman–Crippen MR) is 104 cm³/mol. The molecular formula is C20H26FN5O. The molecule has 0 radical (unpaired) electrons. The Labute approximate surface area is 159 Å². The smallest absolute Gasteiger partial charge is 0.315 e. The highest BCUT2D eigenvalue weighted by atomic mass is 19.1. The van der Waals surface area contributed by atoms with Gasteiger partial charge in [-0.2, -0.15) is 0 Å². The summed E-state index contributed by atoms with van der Waals surface area (Å²) in [6, 6.07) is 10.2. The molecule has 0 spiro atoms. The molecule has 27 heavy (non-hydrogen) atoms. The Morgan fingerprint density at radius 3 is 2.63 bits per heavy atom. The van der Waals surface area contributed by atoms with Gasteiger partial charge in [0, 0.05) is 45.5 Å². The Morgan fingerprint density at radius 2 is 1.93 bits per heavy atom. The summed E-state index contributed by atoms with van der Waals surface area (Å²) in [6.45, 7) is 4.92. The van der Waals surface area contributed by atoms with E-state index in [4.69, 9.17) is 0 Å². The van der Waals surface area contributed by atoms with E-state index >= 15 is 0 Å². The third kappa shape index (κ3) is 5.92. The molecule has 1 saturated heterocycles. The maximum absolute atomic E-state index is 13.1. The fourth-order valence-electron chi connectivity index (χ4n) is 3.00. The van der Waals surface area contributed by atoms with Crippen LogP contribution in [-0.2, 0) is 13.0 Å². The highest BCUT2D eigenvalue weighted by molar-refractivity contribution is 5.73. The SMILES string of the molecule is CN1CCN(c2ccc(CNC(=O)NCCc3cccc(F)c3)cn2)CC1. The van der Waals surface area contributed by atoms with Crippen LogP contribution in [-0.4, -0.2) is 55.7 Å². The number of urea groups is 1. The van der Waals surface area contributed by atoms with Crippen molar-refractivity contribution in [3.05, 3.63) is 59.5 Å². The highest BCUT2D eigenvalue weighted by Gasteiger charge is 2.14. The van der Waals surface area contributed by atoms with E-state index < -0.39 is 0 Å². The first kappa shape index (κ1) is 19.1. The number of piperazine rings is 1. The largest absolute Gasteiger partial charge is 0.354 e. The van der Waals surface area contributed by atoms with Crippen LogP contribution in [0.5, 0.6) is 0 Å². The molecule has 1 aromatic carbocycles. The van der Waals surface area contributed by atoms with Crippen molar-refractivity contribution >= 4 is 11.8 Å². The molecule has 1 aromatic heterocycles. The molecule has 0 atom stereocenters. The third-order valence-corrected chi connectivity index (χ3v) is 4.68. The van der Waals surface area contributed by atoms with Gasteiger partial charge in [0.25, 0.3) is 0 Å². The summed E-state index contributed by atoms with van der Waals surface area (Å²) in [5, 5.41) is 5.60. The number of halogens is 1. The van der Waals surface area contributed by atoms with E-state index in [0.717, 1.165) is 43.1 Å². The van der Waals surface area contributed by atoms with Gasteiger partial charge in [-0.3, -0.25) is 0 Å². The van der Waals surface area contributed by atoms with Crippen LogP contribution in [0.1, 0.15) is 11.1 Å². The number of aromatic nitrogens is 1. The first-order valence-corrected chi connectivity index (χ1v) is 9.25. The van der Waals surface area contributed by atoms with Crippen molar-refractivity contribution in [2.45, 2.75) is 13.0 Å². The van der Waals surface area contributed by atoms with E-state index in [1.165, 1.54) is 12.1 Å². The number of nitrogens with zero attached hydrogens (tertiary/aromatic N) is 3. The van der Waals surface area contributed by atoms with Crippen LogP contribution >= 0.6 is 0 Å². The molecular weight excluding hydrogens is 345 g/mol. The molecule has 1 aliphatic heterocycles. The van der Waals surface area contributed by atoms with Gasteiger partial charge in [0.1, 0.15) is 11.6 Å². The summed E-state index contributed by atoms with van der Waals surface area (Å²) in [4.78, 5) is 21.0. The molecule has 7 heteroatoms. The molecule has 1 aliphatic rings. The quantitative estimate of drug-likeness (QED) is 0.816. The number of hydrogen-bond acceptors (Lipinski definition) is 4. The molecule has 0 saturated carbocycles. The fraction of sp³-hybridized carbons (Fsp3) is 0.400. The Kier molecular flexibility index (Phi) is 6.59. The van der Waals surface area contributed by atoms with Crippen LogP contribution < -0.4 is 15.5 Å². The van der Waals surface area contributed by atoms with Crippen LogP contribution in [0.2, 0.25) is 0 Å². The lowest BCUT2D eigenvalue weighted by Crippen LogP contribution is -2.44. The molecule has 2 N–H and O–H groups in total. The summed E-state index contributed by atoms with van der Waals surface area (Å²) in [5.74, 6) is 0.718. The van der Waals surface area contributed by atoms with E-state index in [2.05, 4.69) is 32.5 Å². The molecule has 0 bridgehead atoms. The summed E-state index contributed by atoms with van der Waals surface area (Å²) < 4.78 is 13.1. The first-order valence-electron chi connectivity index (χ1n) is 9.25. The van der Waals surface area contributed by atoms with E-state index in [1.54, 1.807) is 12.3 Å². The van der Waals surface area contributed by atoms with Gasteiger partial charge in [0.15, 0.2) is 0 Å². The number of carbonyl (C=O) groups excluding carboxylic acids is 1. The molecule has 6 nitrogen and oxygen atoms in total. The minimum Gasteiger partial charge on any atom is -0.354 e. The standard InChI is InChI=1S/C20H26FN5O/c1-25-9-11-26(12-10-25)19-6-5-17(14-23-19)15-24-20(27)22-8-7-16-3-2-4-18(21)13-16/h2-6,13-14H,7-12,15H2,1H3,(H2,22,24,27). The maximum atomic E-state index is 13.1. The van der Waals surface area contributed by atoms with Crippen molar-refractivity contribution in [1.82, 2.24) is 20.5 Å². The van der Waals surface area contributed by atoms with Gasteiger partial charge in [-0.25, -0.2) is 14.2 Å². The van der Waals surface area contributed by atoms with Crippen LogP contribution in [0.25, 0.3) is 0 Å². The lowest BCUT2D eigenvalue weighted by Gasteiger charge is -2.33. The molecule has 2 heterocycles. The van der Waals surface area contributed by atoms with Crippen molar-refractivity contribution in [2.24, 2.45) is 0 Å². The van der Waals surface area contributed by atoms with Gasteiger partial charge in [-0.05, 0) is 42.8 Å². The minimum atomic E-state index is -0.260. The highest BCUT2D eigenvalue weighted by Crippen LogP contribution is 2.13. The molecule has 3 rings (SSSR count). The van der Waals surface area contributed by atoms with Gasteiger partial charge in [-0.15, -0.1) is 0 Å². The van der Waals surface area contributed by atoms with E-state index in [0.29, 0.717) is 19.5 Å². The predicted octanol–water partition coefficient (Wildman–Crippen LogP) is 2.01. The van der Waals surface area contributed by atoms with Crippen LogP contribution in [0.4, 0.5) is 15.0 Å². The van der Waals surface area contributed by atoms with Crippen LogP contribution in [0.15, 0.2) is 42.6 Å². The monoisotopic (exact) mass is 371 g/mol. The average molecular weight is 371 g/mol. The van der Waals surface area contributed by atoms with Gasteiger partial charge in [0.05, 0.1) is 0 Å². The van der Waals surface area contributed by atoms with Crippen molar-refractivity contribution < 1.29 is 9.18 Å². The summed E-state index contributed by atoms with van der Waals surface area (Å²) >= 11 is 0. The normalized spacial score (nSPS) is 14.8. The minimum absolute atomic E-state index is 0.241. The second-order valence-electron chi connectivity index (χ2n) is 6.80. The summed E-state index contributed by atoms with van der Waals surface area (Å²) in [6.07, 6.45) is 2.40.